The first-order valence-corrected chi connectivity index (χ1v) is 4.93. The Balaban J connectivity index is 2.50. The number of nitrogens with two attached hydrogens (primary N) is 1. The van der Waals surface area contributed by atoms with E-state index in [2.05, 4.69) is 12.1 Å². The van der Waals surface area contributed by atoms with E-state index in [1.807, 2.05) is 4.90 Å². The van der Waals surface area contributed by atoms with Gasteiger partial charge in [0.05, 0.1) is 6.61 Å². The summed E-state index contributed by atoms with van der Waals surface area (Å²) in [6.07, 6.45) is 2.48. The average molecular weight is 201 g/mol. The molecule has 0 aliphatic heterocycles. The number of oxime groups is 1. The van der Waals surface area contributed by atoms with Crippen LogP contribution in [0.2, 0.25) is 0 Å². The highest BCUT2D eigenvalue weighted by molar-refractivity contribution is 5.77. The number of ether oxygens (including phenoxy) is 1. The minimum Gasteiger partial charge on any atom is -0.408 e. The smallest absolute Gasteiger partial charge is 0.233 e. The molecule has 3 N–H and O–H groups in total. The summed E-state index contributed by atoms with van der Waals surface area (Å²) in [5, 5.41) is 11.7. The topological polar surface area (TPSA) is 71.1 Å². The van der Waals surface area contributed by atoms with Crippen molar-refractivity contribution in [2.24, 2.45) is 16.8 Å². The minimum atomic E-state index is 0.182. The van der Waals surface area contributed by atoms with Crippen LogP contribution in [0.5, 0.6) is 0 Å². The van der Waals surface area contributed by atoms with Gasteiger partial charge < -0.3 is 20.6 Å². The lowest BCUT2D eigenvalue weighted by atomic mass is 10.2. The highest BCUT2D eigenvalue weighted by atomic mass is 16.5. The number of guanidine groups is 1. The van der Waals surface area contributed by atoms with Crippen LogP contribution in [0.4, 0.5) is 0 Å². The zero-order chi connectivity index (χ0) is 10.6. The fourth-order valence-electron chi connectivity index (χ4n) is 1.61. The van der Waals surface area contributed by atoms with Crippen LogP contribution in [-0.2, 0) is 4.74 Å². The molecule has 14 heavy (non-hydrogen) atoms. The first-order valence-electron chi connectivity index (χ1n) is 4.93. The molecule has 0 aromatic heterocycles. The lowest BCUT2D eigenvalue weighted by Crippen LogP contribution is -2.46. The molecular formula is C9H19N3O2. The van der Waals surface area contributed by atoms with Gasteiger partial charge in [-0.3, -0.25) is 0 Å². The normalized spacial score (nSPS) is 19.4. The second-order valence-corrected chi connectivity index (χ2v) is 3.72. The predicted molar refractivity (Wildman–Crippen MR) is 54.2 cm³/mol. The van der Waals surface area contributed by atoms with Gasteiger partial charge in [0.15, 0.2) is 0 Å². The minimum absolute atomic E-state index is 0.182. The van der Waals surface area contributed by atoms with Crippen molar-refractivity contribution in [1.82, 2.24) is 4.90 Å². The quantitative estimate of drug-likeness (QED) is 0.293. The molecule has 0 heterocycles. The summed E-state index contributed by atoms with van der Waals surface area (Å²) in [6, 6.07) is 0.334. The van der Waals surface area contributed by atoms with Gasteiger partial charge in [-0.25, -0.2) is 0 Å². The van der Waals surface area contributed by atoms with Crippen LogP contribution in [0, 0.1) is 5.92 Å². The van der Waals surface area contributed by atoms with Crippen LogP contribution in [0.3, 0.4) is 0 Å². The summed E-state index contributed by atoms with van der Waals surface area (Å²) >= 11 is 0. The van der Waals surface area contributed by atoms with Crippen LogP contribution < -0.4 is 5.73 Å². The summed E-state index contributed by atoms with van der Waals surface area (Å²) in [6.45, 7) is 3.36. The fraction of sp³-hybridized carbons (Fsp3) is 0.889. The van der Waals surface area contributed by atoms with Crippen molar-refractivity contribution in [3.63, 3.8) is 0 Å². The van der Waals surface area contributed by atoms with Gasteiger partial charge in [-0.05, 0) is 25.7 Å². The predicted octanol–water partition coefficient (Wildman–Crippen LogP) is 0.437. The molecule has 0 radical (unpaired) electrons. The molecule has 5 nitrogen and oxygen atoms in total. The molecule has 1 atom stereocenters. The van der Waals surface area contributed by atoms with E-state index in [0.717, 1.165) is 0 Å². The lowest BCUT2D eigenvalue weighted by molar-refractivity contribution is 0.155. The molecule has 1 fully saturated rings. The molecular weight excluding hydrogens is 182 g/mol. The molecule has 1 aliphatic rings. The standard InChI is InChI=1S/C9H19N3O2/c1-7(8-3-4-8)12(5-6-14-2)9(10)11-13/h7-8,13H,3-6H2,1-2H3,(H2,10,11). The van der Waals surface area contributed by atoms with Crippen molar-refractivity contribution >= 4 is 5.96 Å². The Morgan fingerprint density at radius 1 is 1.71 bits per heavy atom. The van der Waals surface area contributed by atoms with Gasteiger partial charge in [0, 0.05) is 19.7 Å². The third kappa shape index (κ3) is 2.77. The summed E-state index contributed by atoms with van der Waals surface area (Å²) in [4.78, 5) is 1.89. The fourth-order valence-corrected chi connectivity index (χ4v) is 1.61. The van der Waals surface area contributed by atoms with Crippen molar-refractivity contribution in [2.45, 2.75) is 25.8 Å². The lowest BCUT2D eigenvalue weighted by Gasteiger charge is -2.29. The van der Waals surface area contributed by atoms with Crippen LogP contribution in [0.1, 0.15) is 19.8 Å². The highest BCUT2D eigenvalue weighted by Gasteiger charge is 2.32. The van der Waals surface area contributed by atoms with Crippen LogP contribution >= 0.6 is 0 Å². The maximum Gasteiger partial charge on any atom is 0.233 e. The Morgan fingerprint density at radius 2 is 2.36 bits per heavy atom. The maximum atomic E-state index is 8.64. The summed E-state index contributed by atoms with van der Waals surface area (Å²) in [5.74, 6) is 0.869. The zero-order valence-corrected chi connectivity index (χ0v) is 8.81. The van der Waals surface area contributed by atoms with Crippen LogP contribution in [0.15, 0.2) is 5.16 Å². The van der Waals surface area contributed by atoms with E-state index in [0.29, 0.717) is 25.1 Å². The largest absolute Gasteiger partial charge is 0.408 e. The Bertz CT molecular complexity index is 204. The number of hydrogen-bond donors (Lipinski definition) is 2. The van der Waals surface area contributed by atoms with Gasteiger partial charge >= 0.3 is 0 Å². The van der Waals surface area contributed by atoms with E-state index < -0.39 is 0 Å². The van der Waals surface area contributed by atoms with E-state index in [4.69, 9.17) is 15.7 Å². The first kappa shape index (κ1) is 11.1. The average Bonchev–Trinajstić information content (AvgIpc) is 3.00. The molecule has 5 heteroatoms. The van der Waals surface area contributed by atoms with Crippen LogP contribution in [0.25, 0.3) is 0 Å². The van der Waals surface area contributed by atoms with Gasteiger partial charge in [0.1, 0.15) is 0 Å². The van der Waals surface area contributed by atoms with Crippen molar-refractivity contribution in [3.8, 4) is 0 Å². The third-order valence-electron chi connectivity index (χ3n) is 2.73. The van der Waals surface area contributed by atoms with Crippen molar-refractivity contribution in [3.05, 3.63) is 0 Å². The first-order chi connectivity index (χ1) is 6.70. The molecule has 0 aromatic rings. The SMILES string of the molecule is COCCN(C(N)=NO)C(C)C1CC1. The second kappa shape index (κ2) is 5.05. The van der Waals surface area contributed by atoms with Gasteiger partial charge in [-0.15, -0.1) is 0 Å². The molecule has 1 unspecified atom stereocenters. The molecule has 0 amide bonds. The molecule has 0 saturated heterocycles. The Morgan fingerprint density at radius 3 is 2.79 bits per heavy atom. The van der Waals surface area contributed by atoms with E-state index in [1.54, 1.807) is 7.11 Å². The van der Waals surface area contributed by atoms with Crippen molar-refractivity contribution in [1.29, 1.82) is 0 Å². The van der Waals surface area contributed by atoms with E-state index >= 15 is 0 Å². The highest BCUT2D eigenvalue weighted by Crippen LogP contribution is 2.34. The molecule has 1 rings (SSSR count). The summed E-state index contributed by atoms with van der Waals surface area (Å²) in [7, 11) is 1.65. The molecule has 82 valence electrons. The summed E-state index contributed by atoms with van der Waals surface area (Å²) < 4.78 is 4.98. The second-order valence-electron chi connectivity index (χ2n) is 3.72. The van der Waals surface area contributed by atoms with E-state index in [9.17, 15) is 0 Å². The molecule has 0 aromatic carbocycles. The van der Waals surface area contributed by atoms with Crippen LogP contribution in [-0.4, -0.2) is 42.4 Å². The van der Waals surface area contributed by atoms with Gasteiger partial charge in [-0.1, -0.05) is 5.16 Å². The molecule has 0 spiro atoms. The molecule has 1 aliphatic carbocycles. The number of rotatable bonds is 5. The Labute approximate surface area is 84.5 Å². The third-order valence-corrected chi connectivity index (χ3v) is 2.73. The van der Waals surface area contributed by atoms with Gasteiger partial charge in [0.2, 0.25) is 5.96 Å². The number of hydrogen-bond acceptors (Lipinski definition) is 3. The number of methoxy groups -OCH3 is 1. The zero-order valence-electron chi connectivity index (χ0n) is 8.81. The van der Waals surface area contributed by atoms with E-state index in [-0.39, 0.29) is 5.96 Å². The van der Waals surface area contributed by atoms with Crippen molar-refractivity contribution in [2.75, 3.05) is 20.3 Å². The summed E-state index contributed by atoms with van der Waals surface area (Å²) in [5.41, 5.74) is 5.59. The molecule has 0 bridgehead atoms. The van der Waals surface area contributed by atoms with Gasteiger partial charge in [-0.2, -0.15) is 0 Å². The number of nitrogens with zero attached hydrogens (tertiary/aromatic N) is 2. The molecule has 1 saturated carbocycles. The van der Waals surface area contributed by atoms with Gasteiger partial charge in [0.25, 0.3) is 0 Å². The van der Waals surface area contributed by atoms with Crippen molar-refractivity contribution < 1.29 is 9.94 Å². The Kier molecular flexibility index (Phi) is 4.00. The maximum absolute atomic E-state index is 8.64. The monoisotopic (exact) mass is 201 g/mol. The Hall–Kier alpha value is -0.970. The van der Waals surface area contributed by atoms with E-state index in [1.165, 1.54) is 12.8 Å².